The zero-order valence-electron chi connectivity index (χ0n) is 10.5. The van der Waals surface area contributed by atoms with Crippen molar-refractivity contribution < 1.29 is 14.6 Å². The second-order valence-electron chi connectivity index (χ2n) is 4.12. The Kier molecular flexibility index (Phi) is 6.51. The fraction of sp³-hybridized carbons (Fsp3) is 0.500. The van der Waals surface area contributed by atoms with Gasteiger partial charge in [0.1, 0.15) is 17.4 Å². The molecule has 0 amide bonds. The van der Waals surface area contributed by atoms with E-state index in [1.807, 2.05) is 0 Å². The first-order chi connectivity index (χ1) is 8.68. The summed E-state index contributed by atoms with van der Waals surface area (Å²) in [5.41, 5.74) is 6.19. The average Bonchev–Trinajstić information content (AvgIpc) is 2.39. The summed E-state index contributed by atoms with van der Waals surface area (Å²) < 4.78 is 10.8. The number of ether oxygens (including phenoxy) is 2. The van der Waals surface area contributed by atoms with Gasteiger partial charge in [0.15, 0.2) is 5.75 Å². The van der Waals surface area contributed by atoms with Crippen LogP contribution in [0.4, 0.5) is 5.69 Å². The van der Waals surface area contributed by atoms with E-state index in [-0.39, 0.29) is 23.2 Å². The number of anilines is 1. The smallest absolute Gasteiger partial charge is 0.164 e. The van der Waals surface area contributed by atoms with Gasteiger partial charge in [0, 0.05) is 19.6 Å². The van der Waals surface area contributed by atoms with Gasteiger partial charge >= 0.3 is 0 Å². The molecule has 0 unspecified atom stereocenters. The zero-order valence-corrected chi connectivity index (χ0v) is 12.0. The number of nitrogens with zero attached hydrogens (tertiary/aromatic N) is 1. The van der Waals surface area contributed by atoms with Crippen LogP contribution in [-0.4, -0.2) is 49.5 Å². The lowest BCUT2D eigenvalue weighted by Gasteiger charge is -2.26. The predicted octanol–water partition coefficient (Wildman–Crippen LogP) is 1.76. The molecule has 1 heterocycles. The first-order valence-electron chi connectivity index (χ1n) is 5.88. The van der Waals surface area contributed by atoms with E-state index in [2.05, 4.69) is 4.90 Å². The van der Waals surface area contributed by atoms with Crippen molar-refractivity contribution in [3.8, 4) is 11.5 Å². The van der Waals surface area contributed by atoms with E-state index in [0.717, 1.165) is 32.8 Å². The quantitative estimate of drug-likeness (QED) is 0.655. The van der Waals surface area contributed by atoms with Gasteiger partial charge in [0.2, 0.25) is 0 Å². The average molecular weight is 309 g/mol. The summed E-state index contributed by atoms with van der Waals surface area (Å²) >= 11 is 5.93. The zero-order chi connectivity index (χ0) is 13.0. The Hall–Kier alpha value is -0.880. The summed E-state index contributed by atoms with van der Waals surface area (Å²) in [5, 5.41) is 9.64. The minimum Gasteiger partial charge on any atom is -0.506 e. The number of hydrogen-bond donors (Lipinski definition) is 2. The lowest BCUT2D eigenvalue weighted by Crippen LogP contribution is -2.38. The fourth-order valence-corrected chi connectivity index (χ4v) is 2.04. The molecule has 2 rings (SSSR count). The standard InChI is InChI=1S/C12H17ClN2O3.ClH/c13-11-10(16)2-1-9(14)12(11)18-8-5-15-3-6-17-7-4-15;/h1-2,16H,3-8,14H2;1H. The summed E-state index contributed by atoms with van der Waals surface area (Å²) in [7, 11) is 0. The highest BCUT2D eigenvalue weighted by Crippen LogP contribution is 2.37. The molecule has 0 radical (unpaired) electrons. The minimum atomic E-state index is -0.0211. The van der Waals surface area contributed by atoms with Gasteiger partial charge in [0.05, 0.1) is 18.9 Å². The maximum Gasteiger partial charge on any atom is 0.164 e. The SMILES string of the molecule is Cl.Nc1ccc(O)c(Cl)c1OCCN1CCOCC1. The Labute approximate surface area is 123 Å². The normalized spacial score (nSPS) is 15.8. The van der Waals surface area contributed by atoms with E-state index < -0.39 is 0 Å². The molecule has 3 N–H and O–H groups in total. The van der Waals surface area contributed by atoms with Crippen LogP contribution in [0.15, 0.2) is 12.1 Å². The summed E-state index contributed by atoms with van der Waals surface area (Å²) in [4.78, 5) is 2.25. The second-order valence-corrected chi connectivity index (χ2v) is 4.50. The number of nitrogen functional groups attached to an aromatic ring is 1. The minimum absolute atomic E-state index is 0. The molecule has 0 aliphatic carbocycles. The fourth-order valence-electron chi connectivity index (χ4n) is 1.81. The van der Waals surface area contributed by atoms with Crippen molar-refractivity contribution in [2.45, 2.75) is 0 Å². The Morgan fingerprint density at radius 2 is 2.05 bits per heavy atom. The summed E-state index contributed by atoms with van der Waals surface area (Å²) in [6.07, 6.45) is 0. The maximum absolute atomic E-state index is 9.48. The van der Waals surface area contributed by atoms with Gasteiger partial charge in [-0.2, -0.15) is 0 Å². The van der Waals surface area contributed by atoms with Crippen LogP contribution in [-0.2, 0) is 4.74 Å². The molecular formula is C12H18Cl2N2O3. The van der Waals surface area contributed by atoms with E-state index in [1.54, 1.807) is 6.07 Å². The molecule has 19 heavy (non-hydrogen) atoms. The summed E-state index contributed by atoms with van der Waals surface area (Å²) in [5.74, 6) is 0.331. The molecule has 108 valence electrons. The largest absolute Gasteiger partial charge is 0.506 e. The van der Waals surface area contributed by atoms with E-state index >= 15 is 0 Å². The molecule has 1 aliphatic heterocycles. The number of phenolic OH excluding ortho intramolecular Hbond substituents is 1. The van der Waals surface area contributed by atoms with Crippen LogP contribution in [0.5, 0.6) is 11.5 Å². The highest BCUT2D eigenvalue weighted by molar-refractivity contribution is 6.34. The van der Waals surface area contributed by atoms with Gasteiger partial charge < -0.3 is 20.3 Å². The van der Waals surface area contributed by atoms with Crippen LogP contribution in [0.2, 0.25) is 5.02 Å². The molecule has 0 aromatic heterocycles. The Bertz CT molecular complexity index is 412. The van der Waals surface area contributed by atoms with Crippen molar-refractivity contribution >= 4 is 29.7 Å². The van der Waals surface area contributed by atoms with Crippen molar-refractivity contribution in [3.63, 3.8) is 0 Å². The molecule has 0 saturated carbocycles. The third-order valence-electron chi connectivity index (χ3n) is 2.86. The predicted molar refractivity (Wildman–Crippen MR) is 77.5 cm³/mol. The Balaban J connectivity index is 0.00000180. The third kappa shape index (κ3) is 4.31. The van der Waals surface area contributed by atoms with E-state index in [9.17, 15) is 5.11 Å². The van der Waals surface area contributed by atoms with Crippen molar-refractivity contribution in [1.82, 2.24) is 4.90 Å². The van der Waals surface area contributed by atoms with Crippen LogP contribution in [0, 0.1) is 0 Å². The number of benzene rings is 1. The molecule has 5 nitrogen and oxygen atoms in total. The molecule has 1 saturated heterocycles. The van der Waals surface area contributed by atoms with Crippen LogP contribution in [0.1, 0.15) is 0 Å². The molecular weight excluding hydrogens is 291 g/mol. The van der Waals surface area contributed by atoms with Gasteiger partial charge in [-0.05, 0) is 12.1 Å². The first kappa shape index (κ1) is 16.2. The number of aromatic hydroxyl groups is 1. The Morgan fingerprint density at radius 3 is 2.74 bits per heavy atom. The number of morpholine rings is 1. The molecule has 1 aromatic carbocycles. The van der Waals surface area contributed by atoms with Gasteiger partial charge in [-0.25, -0.2) is 0 Å². The highest BCUT2D eigenvalue weighted by Gasteiger charge is 2.13. The van der Waals surface area contributed by atoms with Gasteiger partial charge in [-0.15, -0.1) is 12.4 Å². The monoisotopic (exact) mass is 308 g/mol. The summed E-state index contributed by atoms with van der Waals surface area (Å²) in [6.45, 7) is 4.60. The number of nitrogens with two attached hydrogens (primary N) is 1. The number of halogens is 2. The van der Waals surface area contributed by atoms with Gasteiger partial charge in [-0.1, -0.05) is 11.6 Å². The van der Waals surface area contributed by atoms with Crippen molar-refractivity contribution in [2.24, 2.45) is 0 Å². The molecule has 0 atom stereocenters. The molecule has 7 heteroatoms. The van der Waals surface area contributed by atoms with E-state index in [1.165, 1.54) is 6.07 Å². The van der Waals surface area contributed by atoms with Crippen molar-refractivity contribution in [3.05, 3.63) is 17.2 Å². The van der Waals surface area contributed by atoms with Crippen LogP contribution in [0.3, 0.4) is 0 Å². The molecule has 1 aliphatic rings. The van der Waals surface area contributed by atoms with Crippen LogP contribution < -0.4 is 10.5 Å². The van der Waals surface area contributed by atoms with Gasteiger partial charge in [-0.3, -0.25) is 4.90 Å². The number of phenols is 1. The molecule has 0 bridgehead atoms. The van der Waals surface area contributed by atoms with E-state index in [0.29, 0.717) is 18.0 Å². The first-order valence-corrected chi connectivity index (χ1v) is 6.26. The van der Waals surface area contributed by atoms with Crippen molar-refractivity contribution in [1.29, 1.82) is 0 Å². The number of rotatable bonds is 4. The van der Waals surface area contributed by atoms with Crippen LogP contribution in [0.25, 0.3) is 0 Å². The van der Waals surface area contributed by atoms with Crippen LogP contribution >= 0.6 is 24.0 Å². The van der Waals surface area contributed by atoms with E-state index in [4.69, 9.17) is 26.8 Å². The number of hydrogen-bond acceptors (Lipinski definition) is 5. The van der Waals surface area contributed by atoms with Crippen molar-refractivity contribution in [2.75, 3.05) is 45.2 Å². The third-order valence-corrected chi connectivity index (χ3v) is 3.23. The molecule has 0 spiro atoms. The topological polar surface area (TPSA) is 68.0 Å². The molecule has 1 aromatic rings. The lowest BCUT2D eigenvalue weighted by atomic mass is 10.3. The second kappa shape index (κ2) is 7.65. The molecule has 1 fully saturated rings. The summed E-state index contributed by atoms with van der Waals surface area (Å²) in [6, 6.07) is 3.03. The van der Waals surface area contributed by atoms with Gasteiger partial charge in [0.25, 0.3) is 0 Å². The maximum atomic E-state index is 9.48. The highest BCUT2D eigenvalue weighted by atomic mass is 35.5. The lowest BCUT2D eigenvalue weighted by molar-refractivity contribution is 0.0323. The Morgan fingerprint density at radius 1 is 1.37 bits per heavy atom.